The summed E-state index contributed by atoms with van der Waals surface area (Å²) >= 11 is 0. The van der Waals surface area contributed by atoms with Crippen molar-refractivity contribution in [3.05, 3.63) is 0 Å². The fraction of sp³-hybridized carbons (Fsp3) is 1.00. The molecule has 1 aliphatic heterocycles. The summed E-state index contributed by atoms with van der Waals surface area (Å²) in [5, 5.41) is 3.44. The molecule has 16 heavy (non-hydrogen) atoms. The number of unbranched alkanes of at least 4 members (excludes halogenated alkanes) is 1. The highest BCUT2D eigenvalue weighted by Gasteiger charge is 2.08. The first-order valence-corrected chi connectivity index (χ1v) is 6.94. The van der Waals surface area contributed by atoms with E-state index in [0.29, 0.717) is 0 Å². The third kappa shape index (κ3) is 7.20. The molecule has 0 spiro atoms. The number of nitrogens with one attached hydrogen (secondary N) is 1. The highest BCUT2D eigenvalue weighted by molar-refractivity contribution is 4.65. The fourth-order valence-electron chi connectivity index (χ4n) is 2.04. The number of rotatable bonds is 9. The van der Waals surface area contributed by atoms with Crippen molar-refractivity contribution in [3.63, 3.8) is 0 Å². The molecule has 1 N–H and O–H groups in total. The molecule has 0 aromatic carbocycles. The first kappa shape index (κ1) is 13.9. The molecular formula is C13H28N2O. The fourth-order valence-corrected chi connectivity index (χ4v) is 2.04. The Balaban J connectivity index is 1.77. The molecule has 0 aromatic rings. The first-order chi connectivity index (χ1) is 7.93. The molecule has 0 amide bonds. The van der Waals surface area contributed by atoms with Gasteiger partial charge in [0.15, 0.2) is 0 Å². The van der Waals surface area contributed by atoms with Gasteiger partial charge in [0, 0.05) is 26.2 Å². The zero-order chi connectivity index (χ0) is 11.5. The van der Waals surface area contributed by atoms with Crippen LogP contribution in [0.1, 0.15) is 39.0 Å². The summed E-state index contributed by atoms with van der Waals surface area (Å²) in [6.45, 7) is 9.89. The molecule has 3 nitrogen and oxygen atoms in total. The molecule has 0 atom stereocenters. The monoisotopic (exact) mass is 228 g/mol. The van der Waals surface area contributed by atoms with Crippen LogP contribution in [0.4, 0.5) is 0 Å². The number of hydrogen-bond acceptors (Lipinski definition) is 3. The lowest BCUT2D eigenvalue weighted by molar-refractivity contribution is 0.132. The van der Waals surface area contributed by atoms with Gasteiger partial charge < -0.3 is 15.0 Å². The van der Waals surface area contributed by atoms with E-state index < -0.39 is 0 Å². The minimum absolute atomic E-state index is 0.861. The maximum absolute atomic E-state index is 5.49. The second-order valence-electron chi connectivity index (χ2n) is 4.62. The number of likely N-dealkylation sites (tertiary alicyclic amines) is 1. The van der Waals surface area contributed by atoms with Crippen LogP contribution in [-0.4, -0.2) is 50.8 Å². The molecule has 96 valence electrons. The molecule has 0 bridgehead atoms. The van der Waals surface area contributed by atoms with Gasteiger partial charge in [-0.25, -0.2) is 0 Å². The maximum Gasteiger partial charge on any atom is 0.0590 e. The van der Waals surface area contributed by atoms with Crippen LogP contribution in [-0.2, 0) is 4.74 Å². The molecule has 1 heterocycles. The van der Waals surface area contributed by atoms with Gasteiger partial charge in [-0.3, -0.25) is 0 Å². The Morgan fingerprint density at radius 3 is 2.62 bits per heavy atom. The van der Waals surface area contributed by atoms with Gasteiger partial charge >= 0.3 is 0 Å². The summed E-state index contributed by atoms with van der Waals surface area (Å²) < 4.78 is 5.49. The predicted molar refractivity (Wildman–Crippen MR) is 68.9 cm³/mol. The summed E-state index contributed by atoms with van der Waals surface area (Å²) in [6.07, 6.45) is 6.62. The van der Waals surface area contributed by atoms with Gasteiger partial charge in [-0.2, -0.15) is 0 Å². The van der Waals surface area contributed by atoms with Gasteiger partial charge in [0.1, 0.15) is 0 Å². The Bertz CT molecular complexity index is 147. The number of nitrogens with zero attached hydrogens (tertiary/aromatic N) is 1. The molecule has 0 saturated carbocycles. The van der Waals surface area contributed by atoms with E-state index in [4.69, 9.17) is 4.74 Å². The molecule has 0 aromatic heterocycles. The van der Waals surface area contributed by atoms with Gasteiger partial charge in [-0.15, -0.1) is 0 Å². The SMILES string of the molecule is CCCCOCCNCCN1CCCCC1. The molecule has 1 fully saturated rings. The Morgan fingerprint density at radius 2 is 1.88 bits per heavy atom. The Hall–Kier alpha value is -0.120. The van der Waals surface area contributed by atoms with Crippen LogP contribution in [0.5, 0.6) is 0 Å². The Labute approximate surface area is 101 Å². The summed E-state index contributed by atoms with van der Waals surface area (Å²) in [7, 11) is 0. The van der Waals surface area contributed by atoms with Crippen LogP contribution in [0, 0.1) is 0 Å². The summed E-state index contributed by atoms with van der Waals surface area (Å²) in [6, 6.07) is 0. The van der Waals surface area contributed by atoms with E-state index in [0.717, 1.165) is 26.3 Å². The molecule has 0 aliphatic carbocycles. The summed E-state index contributed by atoms with van der Waals surface area (Å²) in [4.78, 5) is 2.56. The molecule has 0 radical (unpaired) electrons. The Morgan fingerprint density at radius 1 is 1.06 bits per heavy atom. The van der Waals surface area contributed by atoms with Gasteiger partial charge in [0.05, 0.1) is 6.61 Å². The maximum atomic E-state index is 5.49. The lowest BCUT2D eigenvalue weighted by Crippen LogP contribution is -2.36. The van der Waals surface area contributed by atoms with Crippen LogP contribution < -0.4 is 5.32 Å². The quantitative estimate of drug-likeness (QED) is 0.610. The number of ether oxygens (including phenoxy) is 1. The highest BCUT2D eigenvalue weighted by atomic mass is 16.5. The van der Waals surface area contributed by atoms with E-state index in [2.05, 4.69) is 17.1 Å². The normalized spacial score (nSPS) is 17.8. The van der Waals surface area contributed by atoms with Gasteiger partial charge in [0.2, 0.25) is 0 Å². The molecule has 3 heteroatoms. The van der Waals surface area contributed by atoms with E-state index in [1.807, 2.05) is 0 Å². The van der Waals surface area contributed by atoms with Crippen molar-refractivity contribution in [2.24, 2.45) is 0 Å². The molecule has 1 saturated heterocycles. The average molecular weight is 228 g/mol. The standard InChI is InChI=1S/C13H28N2O/c1-2-3-12-16-13-8-14-7-11-15-9-5-4-6-10-15/h14H,2-13H2,1H3. The number of piperidine rings is 1. The third-order valence-corrected chi connectivity index (χ3v) is 3.12. The first-order valence-electron chi connectivity index (χ1n) is 6.94. The van der Waals surface area contributed by atoms with Crippen LogP contribution >= 0.6 is 0 Å². The zero-order valence-electron chi connectivity index (χ0n) is 10.8. The second kappa shape index (κ2) is 10.1. The minimum Gasteiger partial charge on any atom is -0.380 e. The van der Waals surface area contributed by atoms with E-state index in [1.54, 1.807) is 0 Å². The van der Waals surface area contributed by atoms with Crippen molar-refractivity contribution in [3.8, 4) is 0 Å². The average Bonchev–Trinajstić information content (AvgIpc) is 2.34. The van der Waals surface area contributed by atoms with E-state index in [-0.39, 0.29) is 0 Å². The van der Waals surface area contributed by atoms with E-state index in [1.165, 1.54) is 51.7 Å². The van der Waals surface area contributed by atoms with E-state index in [9.17, 15) is 0 Å². The topological polar surface area (TPSA) is 24.5 Å². The molecule has 0 unspecified atom stereocenters. The van der Waals surface area contributed by atoms with Crippen LogP contribution in [0.25, 0.3) is 0 Å². The smallest absolute Gasteiger partial charge is 0.0590 e. The zero-order valence-corrected chi connectivity index (χ0v) is 10.8. The van der Waals surface area contributed by atoms with Gasteiger partial charge in [-0.1, -0.05) is 19.8 Å². The van der Waals surface area contributed by atoms with Crippen LogP contribution in [0.15, 0.2) is 0 Å². The lowest BCUT2D eigenvalue weighted by Gasteiger charge is -2.26. The van der Waals surface area contributed by atoms with Crippen molar-refractivity contribution >= 4 is 0 Å². The van der Waals surface area contributed by atoms with Crippen molar-refractivity contribution in [1.29, 1.82) is 0 Å². The summed E-state index contributed by atoms with van der Waals surface area (Å²) in [5.41, 5.74) is 0. The van der Waals surface area contributed by atoms with Gasteiger partial charge in [0.25, 0.3) is 0 Å². The summed E-state index contributed by atoms with van der Waals surface area (Å²) in [5.74, 6) is 0. The predicted octanol–water partition coefficient (Wildman–Crippen LogP) is 1.88. The minimum atomic E-state index is 0.861. The van der Waals surface area contributed by atoms with Gasteiger partial charge in [-0.05, 0) is 32.4 Å². The molecular weight excluding hydrogens is 200 g/mol. The lowest BCUT2D eigenvalue weighted by atomic mass is 10.1. The van der Waals surface area contributed by atoms with Crippen LogP contribution in [0.2, 0.25) is 0 Å². The third-order valence-electron chi connectivity index (χ3n) is 3.12. The number of hydrogen-bond donors (Lipinski definition) is 1. The van der Waals surface area contributed by atoms with Crippen molar-refractivity contribution < 1.29 is 4.74 Å². The van der Waals surface area contributed by atoms with Crippen molar-refractivity contribution in [1.82, 2.24) is 10.2 Å². The second-order valence-corrected chi connectivity index (χ2v) is 4.62. The molecule has 1 rings (SSSR count). The van der Waals surface area contributed by atoms with Crippen molar-refractivity contribution in [2.75, 3.05) is 45.9 Å². The highest BCUT2D eigenvalue weighted by Crippen LogP contribution is 2.07. The van der Waals surface area contributed by atoms with Crippen molar-refractivity contribution in [2.45, 2.75) is 39.0 Å². The molecule has 1 aliphatic rings. The van der Waals surface area contributed by atoms with Crippen LogP contribution in [0.3, 0.4) is 0 Å². The Kier molecular flexibility index (Phi) is 8.77. The largest absolute Gasteiger partial charge is 0.380 e. The van der Waals surface area contributed by atoms with E-state index >= 15 is 0 Å².